The van der Waals surface area contributed by atoms with E-state index in [0.29, 0.717) is 4.09 Å². The SMILES string of the molecule is Nc1cc(OC(=O)c2ccc([N+](=O)[O-])cc2)nn1S(=O)(=O)c1ccc(F)cc1. The number of nitrogens with zero attached hydrogens (tertiary/aromatic N) is 3. The van der Waals surface area contributed by atoms with Gasteiger partial charge in [0.15, 0.2) is 0 Å². The summed E-state index contributed by atoms with van der Waals surface area (Å²) in [6.45, 7) is 0. The van der Waals surface area contributed by atoms with Gasteiger partial charge in [-0.25, -0.2) is 9.18 Å². The number of aromatic nitrogens is 2. The van der Waals surface area contributed by atoms with Crippen LogP contribution in [0.1, 0.15) is 10.4 Å². The standard InChI is InChI=1S/C16H11FN4O6S/c17-11-3-7-13(8-4-11)28(25,26)20-14(18)9-15(19-20)27-16(22)10-1-5-12(6-2-10)21(23)24/h1-9H,18H2. The minimum absolute atomic E-state index is 0.0138. The van der Waals surface area contributed by atoms with Crippen molar-refractivity contribution >= 4 is 27.5 Å². The fourth-order valence-electron chi connectivity index (χ4n) is 2.18. The van der Waals surface area contributed by atoms with Gasteiger partial charge >= 0.3 is 5.97 Å². The summed E-state index contributed by atoms with van der Waals surface area (Å²) in [6, 6.07) is 9.59. The molecule has 0 amide bonds. The number of hydrogen-bond acceptors (Lipinski definition) is 8. The van der Waals surface area contributed by atoms with E-state index in [-0.39, 0.29) is 22.0 Å². The van der Waals surface area contributed by atoms with Gasteiger partial charge in [0.25, 0.3) is 15.7 Å². The summed E-state index contributed by atoms with van der Waals surface area (Å²) in [6.07, 6.45) is 0. The first-order valence-electron chi connectivity index (χ1n) is 7.52. The van der Waals surface area contributed by atoms with Crippen LogP contribution in [0.25, 0.3) is 0 Å². The molecule has 28 heavy (non-hydrogen) atoms. The van der Waals surface area contributed by atoms with Gasteiger partial charge in [-0.3, -0.25) is 10.1 Å². The van der Waals surface area contributed by atoms with Gasteiger partial charge in [-0.2, -0.15) is 8.42 Å². The third kappa shape index (κ3) is 3.66. The third-order valence-corrected chi connectivity index (χ3v) is 5.15. The Morgan fingerprint density at radius 3 is 2.32 bits per heavy atom. The first kappa shape index (κ1) is 19.0. The molecule has 0 radical (unpaired) electrons. The minimum Gasteiger partial charge on any atom is -0.402 e. The second-order valence-corrected chi connectivity index (χ2v) is 7.17. The largest absolute Gasteiger partial charge is 0.402 e. The van der Waals surface area contributed by atoms with Crippen molar-refractivity contribution in [1.29, 1.82) is 0 Å². The second kappa shape index (κ2) is 7.08. The second-order valence-electron chi connectivity index (χ2n) is 5.40. The number of carbonyl (C=O) groups excluding carboxylic acids is 1. The zero-order chi connectivity index (χ0) is 20.5. The van der Waals surface area contributed by atoms with E-state index in [1.54, 1.807) is 0 Å². The van der Waals surface area contributed by atoms with Gasteiger partial charge in [0.05, 0.1) is 15.4 Å². The molecule has 10 nitrogen and oxygen atoms in total. The number of ether oxygens (including phenoxy) is 1. The van der Waals surface area contributed by atoms with E-state index in [4.69, 9.17) is 10.5 Å². The van der Waals surface area contributed by atoms with Crippen LogP contribution >= 0.6 is 0 Å². The van der Waals surface area contributed by atoms with Crippen LogP contribution in [0.3, 0.4) is 0 Å². The fourth-order valence-corrected chi connectivity index (χ4v) is 3.38. The quantitative estimate of drug-likeness (QED) is 0.384. The first-order chi connectivity index (χ1) is 13.2. The number of nitro groups is 1. The van der Waals surface area contributed by atoms with Gasteiger partial charge in [-0.15, -0.1) is 9.19 Å². The predicted molar refractivity (Wildman–Crippen MR) is 93.7 cm³/mol. The number of benzene rings is 2. The number of nitro benzene ring substituents is 1. The molecule has 3 aromatic rings. The zero-order valence-corrected chi connectivity index (χ0v) is 14.7. The third-order valence-electron chi connectivity index (χ3n) is 3.53. The number of halogens is 1. The highest BCUT2D eigenvalue weighted by molar-refractivity contribution is 7.90. The van der Waals surface area contributed by atoms with Crippen LogP contribution in [0.2, 0.25) is 0 Å². The van der Waals surface area contributed by atoms with E-state index >= 15 is 0 Å². The van der Waals surface area contributed by atoms with Crippen LogP contribution in [-0.2, 0) is 10.0 Å². The summed E-state index contributed by atoms with van der Waals surface area (Å²) < 4.78 is 43.5. The van der Waals surface area contributed by atoms with E-state index in [9.17, 15) is 27.7 Å². The molecule has 0 aliphatic carbocycles. The van der Waals surface area contributed by atoms with Crippen molar-refractivity contribution in [2.24, 2.45) is 0 Å². The normalized spacial score (nSPS) is 11.2. The number of non-ortho nitro benzene ring substituents is 1. The molecule has 12 heteroatoms. The molecular weight excluding hydrogens is 395 g/mol. The van der Waals surface area contributed by atoms with Crippen LogP contribution in [0.4, 0.5) is 15.9 Å². The summed E-state index contributed by atoms with van der Waals surface area (Å²) in [4.78, 5) is 21.8. The Morgan fingerprint density at radius 1 is 1.14 bits per heavy atom. The number of hydrogen-bond donors (Lipinski definition) is 1. The molecule has 1 heterocycles. The molecule has 0 saturated heterocycles. The average molecular weight is 406 g/mol. The maximum atomic E-state index is 13.0. The lowest BCUT2D eigenvalue weighted by atomic mass is 10.2. The van der Waals surface area contributed by atoms with Gasteiger partial charge in [-0.05, 0) is 36.4 Å². The average Bonchev–Trinajstić information content (AvgIpc) is 3.03. The maximum absolute atomic E-state index is 13.0. The van der Waals surface area contributed by atoms with Gasteiger partial charge < -0.3 is 10.5 Å². The molecule has 2 aromatic carbocycles. The Bertz CT molecular complexity index is 1160. The fraction of sp³-hybridized carbons (Fsp3) is 0. The lowest BCUT2D eigenvalue weighted by Crippen LogP contribution is -2.17. The van der Waals surface area contributed by atoms with Crippen molar-refractivity contribution in [1.82, 2.24) is 9.19 Å². The van der Waals surface area contributed by atoms with Gasteiger partial charge in [0.1, 0.15) is 11.6 Å². The van der Waals surface area contributed by atoms with E-state index in [2.05, 4.69) is 5.10 Å². The molecule has 0 fully saturated rings. The van der Waals surface area contributed by atoms with E-state index in [0.717, 1.165) is 42.5 Å². The molecule has 0 aliphatic heterocycles. The van der Waals surface area contributed by atoms with Gasteiger partial charge in [0, 0.05) is 18.2 Å². The first-order valence-corrected chi connectivity index (χ1v) is 8.96. The van der Waals surface area contributed by atoms with Crippen molar-refractivity contribution in [3.63, 3.8) is 0 Å². The Balaban J connectivity index is 1.84. The predicted octanol–water partition coefficient (Wildman–Crippen LogP) is 1.97. The summed E-state index contributed by atoms with van der Waals surface area (Å²) >= 11 is 0. The molecule has 0 spiro atoms. The Hall–Kier alpha value is -3.80. The molecule has 0 bridgehead atoms. The van der Waals surface area contributed by atoms with Crippen molar-refractivity contribution in [3.8, 4) is 5.88 Å². The smallest absolute Gasteiger partial charge is 0.344 e. The Morgan fingerprint density at radius 2 is 1.75 bits per heavy atom. The monoisotopic (exact) mass is 406 g/mol. The van der Waals surface area contributed by atoms with Crippen LogP contribution in [0.15, 0.2) is 59.5 Å². The lowest BCUT2D eigenvalue weighted by Gasteiger charge is -2.05. The highest BCUT2D eigenvalue weighted by Gasteiger charge is 2.23. The number of nitrogen functional groups attached to an aromatic ring is 1. The zero-order valence-electron chi connectivity index (χ0n) is 13.9. The molecule has 0 atom stereocenters. The van der Waals surface area contributed by atoms with Crippen molar-refractivity contribution in [2.75, 3.05) is 5.73 Å². The molecular formula is C16H11FN4O6S. The number of esters is 1. The number of rotatable bonds is 5. The van der Waals surface area contributed by atoms with Crippen molar-refractivity contribution in [2.45, 2.75) is 4.90 Å². The number of nitrogens with two attached hydrogens (primary N) is 1. The highest BCUT2D eigenvalue weighted by atomic mass is 32.2. The van der Waals surface area contributed by atoms with Gasteiger partial charge in [-0.1, -0.05) is 0 Å². The van der Waals surface area contributed by atoms with Crippen LogP contribution in [0, 0.1) is 15.9 Å². The molecule has 2 N–H and O–H groups in total. The van der Waals surface area contributed by atoms with E-state index < -0.39 is 32.6 Å². The van der Waals surface area contributed by atoms with Crippen LogP contribution < -0.4 is 10.5 Å². The van der Waals surface area contributed by atoms with Crippen LogP contribution in [0.5, 0.6) is 5.88 Å². The summed E-state index contributed by atoms with van der Waals surface area (Å²) in [5, 5.41) is 14.3. The van der Waals surface area contributed by atoms with Gasteiger partial charge in [0.2, 0.25) is 5.88 Å². The van der Waals surface area contributed by atoms with Crippen molar-refractivity contribution in [3.05, 3.63) is 76.1 Å². The van der Waals surface area contributed by atoms with E-state index in [1.165, 1.54) is 12.1 Å². The topological polar surface area (TPSA) is 147 Å². The lowest BCUT2D eigenvalue weighted by molar-refractivity contribution is -0.384. The molecule has 0 saturated carbocycles. The van der Waals surface area contributed by atoms with E-state index in [1.807, 2.05) is 0 Å². The summed E-state index contributed by atoms with van der Waals surface area (Å²) in [7, 11) is -4.23. The summed E-state index contributed by atoms with van der Waals surface area (Å²) in [5.41, 5.74) is 5.42. The molecule has 144 valence electrons. The maximum Gasteiger partial charge on any atom is 0.344 e. The molecule has 0 aliphatic rings. The Labute approximate surface area is 157 Å². The number of anilines is 1. The van der Waals surface area contributed by atoms with Crippen molar-refractivity contribution < 1.29 is 27.3 Å². The molecule has 3 rings (SSSR count). The Kier molecular flexibility index (Phi) is 4.79. The van der Waals surface area contributed by atoms with Crippen LogP contribution in [-0.4, -0.2) is 28.5 Å². The summed E-state index contributed by atoms with van der Waals surface area (Å²) in [5.74, 6) is -2.27. The molecule has 1 aromatic heterocycles. The highest BCUT2D eigenvalue weighted by Crippen LogP contribution is 2.22. The number of carbonyl (C=O) groups is 1. The molecule has 0 unspecified atom stereocenters. The minimum atomic E-state index is -4.23.